The summed E-state index contributed by atoms with van der Waals surface area (Å²) in [6.45, 7) is 0. The molecule has 5 aromatic rings. The Hall–Kier alpha value is -4.96. The van der Waals surface area contributed by atoms with Crippen LogP contribution in [-0.4, -0.2) is 19.9 Å². The van der Waals surface area contributed by atoms with Crippen molar-refractivity contribution in [1.29, 1.82) is 0 Å². The molecule has 2 aromatic carbocycles. The largest absolute Gasteiger partial charge is 0.355 e. The van der Waals surface area contributed by atoms with E-state index in [1.807, 2.05) is 12.1 Å². The summed E-state index contributed by atoms with van der Waals surface area (Å²) in [5.41, 5.74) is 12.3. The molecule has 7 rings (SSSR count). The van der Waals surface area contributed by atoms with Crippen LogP contribution in [-0.2, 0) is 0 Å². The molecule has 5 heterocycles. The molecule has 4 nitrogen and oxygen atoms in total. The highest BCUT2D eigenvalue weighted by Crippen LogP contribution is 2.29. The van der Waals surface area contributed by atoms with E-state index in [0.29, 0.717) is 0 Å². The summed E-state index contributed by atoms with van der Waals surface area (Å²) in [5.74, 6) is 0. The van der Waals surface area contributed by atoms with Gasteiger partial charge in [0.25, 0.3) is 0 Å². The molecular formula is C32H22N4. The third-order valence-electron chi connectivity index (χ3n) is 6.46. The Morgan fingerprint density at radius 1 is 0.417 bits per heavy atom. The van der Waals surface area contributed by atoms with Gasteiger partial charge in [0.1, 0.15) is 0 Å². The molecule has 8 bridgehead atoms. The molecule has 4 heteroatoms. The number of nitrogens with one attached hydrogen (secondary N) is 2. The molecule has 170 valence electrons. The van der Waals surface area contributed by atoms with Gasteiger partial charge < -0.3 is 9.97 Å². The second-order valence-corrected chi connectivity index (χ2v) is 9.00. The lowest BCUT2D eigenvalue weighted by Gasteiger charge is -1.97. The number of H-pyrrole nitrogens is 2. The van der Waals surface area contributed by atoms with Gasteiger partial charge in [-0.2, -0.15) is 0 Å². The molecule has 2 N–H and O–H groups in total. The molecular weight excluding hydrogens is 440 g/mol. The lowest BCUT2D eigenvalue weighted by atomic mass is 10.1. The van der Waals surface area contributed by atoms with E-state index in [0.717, 1.165) is 67.1 Å². The zero-order chi connectivity index (χ0) is 23.9. The maximum absolute atomic E-state index is 4.87. The topological polar surface area (TPSA) is 57.4 Å². The number of hydrogen-bond donors (Lipinski definition) is 2. The van der Waals surface area contributed by atoms with Crippen LogP contribution in [0.15, 0.2) is 97.1 Å². The molecule has 0 saturated carbocycles. The van der Waals surface area contributed by atoms with Gasteiger partial charge in [-0.25, -0.2) is 9.97 Å². The van der Waals surface area contributed by atoms with Crippen molar-refractivity contribution in [2.45, 2.75) is 0 Å². The fraction of sp³-hybridized carbons (Fsp3) is 0. The van der Waals surface area contributed by atoms with Crippen molar-refractivity contribution in [2.75, 3.05) is 0 Å². The second kappa shape index (κ2) is 8.36. The van der Waals surface area contributed by atoms with Crippen molar-refractivity contribution in [3.05, 3.63) is 120 Å². The fourth-order valence-electron chi connectivity index (χ4n) is 4.81. The maximum Gasteiger partial charge on any atom is 0.0658 e. The molecule has 0 fully saturated rings. The summed E-state index contributed by atoms with van der Waals surface area (Å²) in [6, 6.07) is 33.6. The van der Waals surface area contributed by atoms with E-state index in [4.69, 9.17) is 9.97 Å². The smallest absolute Gasteiger partial charge is 0.0658 e. The minimum atomic E-state index is 0.911. The molecule has 0 amide bonds. The van der Waals surface area contributed by atoms with E-state index in [1.165, 1.54) is 0 Å². The second-order valence-electron chi connectivity index (χ2n) is 9.00. The Morgan fingerprint density at radius 2 is 0.806 bits per heavy atom. The highest BCUT2D eigenvalue weighted by Gasteiger charge is 2.09. The highest BCUT2D eigenvalue weighted by molar-refractivity contribution is 5.89. The van der Waals surface area contributed by atoms with E-state index < -0.39 is 0 Å². The van der Waals surface area contributed by atoms with Gasteiger partial charge in [0.2, 0.25) is 0 Å². The molecule has 3 aromatic heterocycles. The van der Waals surface area contributed by atoms with Crippen molar-refractivity contribution < 1.29 is 0 Å². The number of benzene rings is 2. The highest BCUT2D eigenvalue weighted by atomic mass is 14.8. The summed E-state index contributed by atoms with van der Waals surface area (Å²) < 4.78 is 0. The van der Waals surface area contributed by atoms with Gasteiger partial charge in [0.05, 0.1) is 22.8 Å². The van der Waals surface area contributed by atoms with Crippen molar-refractivity contribution in [3.8, 4) is 22.3 Å². The Bertz CT molecular complexity index is 1680. The number of fused-ring (bicyclic) bond motifs is 8. The summed E-state index contributed by atoms with van der Waals surface area (Å²) in [5, 5.41) is 0. The van der Waals surface area contributed by atoms with E-state index in [2.05, 4.69) is 119 Å². The summed E-state index contributed by atoms with van der Waals surface area (Å²) in [6.07, 6.45) is 8.22. The van der Waals surface area contributed by atoms with Gasteiger partial charge in [0, 0.05) is 33.2 Å². The number of nitrogens with zero attached hydrogens (tertiary/aromatic N) is 2. The first-order chi connectivity index (χ1) is 17.8. The predicted octanol–water partition coefficient (Wildman–Crippen LogP) is 7.99. The van der Waals surface area contributed by atoms with Crippen LogP contribution in [0.1, 0.15) is 22.8 Å². The van der Waals surface area contributed by atoms with Crippen LogP contribution in [0, 0.1) is 0 Å². The van der Waals surface area contributed by atoms with Crippen molar-refractivity contribution in [3.63, 3.8) is 0 Å². The van der Waals surface area contributed by atoms with Gasteiger partial charge in [-0.1, -0.05) is 60.7 Å². The van der Waals surface area contributed by atoms with Crippen LogP contribution in [0.2, 0.25) is 0 Å². The van der Waals surface area contributed by atoms with Gasteiger partial charge in [-0.3, -0.25) is 0 Å². The Morgan fingerprint density at radius 3 is 1.22 bits per heavy atom. The summed E-state index contributed by atoms with van der Waals surface area (Å²) >= 11 is 0. The number of hydrogen-bond acceptors (Lipinski definition) is 2. The van der Waals surface area contributed by atoms with Gasteiger partial charge in [0.15, 0.2) is 0 Å². The normalized spacial score (nSPS) is 12.2. The van der Waals surface area contributed by atoms with E-state index in [-0.39, 0.29) is 0 Å². The molecule has 0 radical (unpaired) electrons. The van der Waals surface area contributed by atoms with Gasteiger partial charge >= 0.3 is 0 Å². The standard InChI is InChI=1S/C32H22N4/c1-3-7-21(8-4-1)29-17-27-15-23-12-14-26(34-23)20-32-30(22-9-5-2-6-10-22)18-28(36-32)16-24-11-13-25(33-24)19-31(29)35-27/h1-20,35-36H. The minimum absolute atomic E-state index is 0.911. The third-order valence-corrected chi connectivity index (χ3v) is 6.46. The lowest BCUT2D eigenvalue weighted by molar-refractivity contribution is 1.31. The first-order valence-electron chi connectivity index (χ1n) is 12.0. The fourth-order valence-corrected chi connectivity index (χ4v) is 4.81. The first kappa shape index (κ1) is 20.4. The SMILES string of the molecule is C1=Cc2cc3[nH]c(cc4nc(cc5[nH]c(cc1n2)cc5-c1ccccc1)C=C4)cc3-c1ccccc1. The average molecular weight is 463 g/mol. The van der Waals surface area contributed by atoms with Gasteiger partial charge in [-0.15, -0.1) is 0 Å². The Kier molecular flexibility index (Phi) is 4.74. The molecule has 0 saturated heterocycles. The van der Waals surface area contributed by atoms with Crippen molar-refractivity contribution in [2.24, 2.45) is 0 Å². The quantitative estimate of drug-likeness (QED) is 0.273. The molecule has 0 atom stereocenters. The third kappa shape index (κ3) is 3.85. The van der Waals surface area contributed by atoms with Crippen molar-refractivity contribution in [1.82, 2.24) is 19.9 Å². The van der Waals surface area contributed by atoms with E-state index in [1.54, 1.807) is 0 Å². The zero-order valence-corrected chi connectivity index (χ0v) is 19.4. The number of aromatic nitrogens is 4. The Labute approximate surface area is 208 Å². The first-order valence-corrected chi connectivity index (χ1v) is 12.0. The zero-order valence-electron chi connectivity index (χ0n) is 19.4. The predicted molar refractivity (Wildman–Crippen MR) is 150 cm³/mol. The van der Waals surface area contributed by atoms with Crippen LogP contribution in [0.25, 0.3) is 68.6 Å². The minimum Gasteiger partial charge on any atom is -0.355 e. The summed E-state index contributed by atoms with van der Waals surface area (Å²) in [7, 11) is 0. The molecule has 0 unspecified atom stereocenters. The van der Waals surface area contributed by atoms with Crippen LogP contribution >= 0.6 is 0 Å². The molecule has 2 aliphatic rings. The number of rotatable bonds is 2. The number of aromatic amines is 2. The maximum atomic E-state index is 4.87. The van der Waals surface area contributed by atoms with Crippen molar-refractivity contribution >= 4 is 46.4 Å². The van der Waals surface area contributed by atoms with Crippen LogP contribution < -0.4 is 0 Å². The van der Waals surface area contributed by atoms with Crippen LogP contribution in [0.4, 0.5) is 0 Å². The lowest BCUT2D eigenvalue weighted by Crippen LogP contribution is -1.77. The summed E-state index contributed by atoms with van der Waals surface area (Å²) in [4.78, 5) is 16.9. The van der Waals surface area contributed by atoms with E-state index >= 15 is 0 Å². The molecule has 0 aliphatic carbocycles. The van der Waals surface area contributed by atoms with Crippen LogP contribution in [0.3, 0.4) is 0 Å². The molecule has 2 aliphatic heterocycles. The average Bonchev–Trinajstić information content (AvgIpc) is 3.70. The monoisotopic (exact) mass is 462 g/mol. The van der Waals surface area contributed by atoms with Gasteiger partial charge in [-0.05, 0) is 71.8 Å². The van der Waals surface area contributed by atoms with E-state index in [9.17, 15) is 0 Å². The molecule has 0 spiro atoms. The Balaban J connectivity index is 1.52. The van der Waals surface area contributed by atoms with Crippen LogP contribution in [0.5, 0.6) is 0 Å². The molecule has 36 heavy (non-hydrogen) atoms.